The number of rotatable bonds is 5. The highest BCUT2D eigenvalue weighted by Crippen LogP contribution is 2.36. The molecular formula is C23H28F3N3O2S. The van der Waals surface area contributed by atoms with Gasteiger partial charge in [-0.1, -0.05) is 24.8 Å². The third-order valence-electron chi connectivity index (χ3n) is 6.61. The Kier molecular flexibility index (Phi) is 6.86. The summed E-state index contributed by atoms with van der Waals surface area (Å²) in [6, 6.07) is 5.50. The van der Waals surface area contributed by atoms with E-state index in [0.29, 0.717) is 43.5 Å². The maximum Gasteiger partial charge on any atom is 0.416 e. The van der Waals surface area contributed by atoms with Crippen molar-refractivity contribution in [2.45, 2.75) is 43.7 Å². The molecule has 2 unspecified atom stereocenters. The number of hydrogen-bond donors (Lipinski definition) is 0. The zero-order chi connectivity index (χ0) is 22.9. The molecule has 2 saturated heterocycles. The SMILES string of the molecule is CCC(CC(=O)N1CCN(c2cccc(C(F)(F)F)c2)CC1)N1CCC2SC(=O)C=C2C1. The highest BCUT2D eigenvalue weighted by Gasteiger charge is 2.35. The van der Waals surface area contributed by atoms with Crippen molar-refractivity contribution in [2.75, 3.05) is 44.2 Å². The first-order chi connectivity index (χ1) is 15.2. The van der Waals surface area contributed by atoms with Gasteiger partial charge in [0.1, 0.15) is 0 Å². The van der Waals surface area contributed by atoms with Gasteiger partial charge < -0.3 is 9.80 Å². The fraction of sp³-hybridized carbons (Fsp3) is 0.565. The lowest BCUT2D eigenvalue weighted by atomic mass is 9.99. The quantitative estimate of drug-likeness (QED) is 0.659. The molecule has 2 fully saturated rings. The number of thioether (sulfide) groups is 1. The Morgan fingerprint density at radius 3 is 2.62 bits per heavy atom. The number of amides is 1. The van der Waals surface area contributed by atoms with E-state index >= 15 is 0 Å². The third-order valence-corrected chi connectivity index (χ3v) is 7.78. The number of piperazine rings is 1. The Morgan fingerprint density at radius 2 is 1.94 bits per heavy atom. The fourth-order valence-corrected chi connectivity index (χ4v) is 5.77. The number of piperidine rings is 1. The molecule has 1 aromatic rings. The first-order valence-corrected chi connectivity index (χ1v) is 12.0. The second-order valence-electron chi connectivity index (χ2n) is 8.59. The lowest BCUT2D eigenvalue weighted by Crippen LogP contribution is -2.51. The van der Waals surface area contributed by atoms with E-state index in [9.17, 15) is 22.8 Å². The van der Waals surface area contributed by atoms with Crippen LogP contribution in [0, 0.1) is 0 Å². The molecule has 5 nitrogen and oxygen atoms in total. The van der Waals surface area contributed by atoms with Gasteiger partial charge in [-0.2, -0.15) is 13.2 Å². The zero-order valence-electron chi connectivity index (χ0n) is 18.1. The molecule has 1 amide bonds. The number of fused-ring (bicyclic) bond motifs is 1. The summed E-state index contributed by atoms with van der Waals surface area (Å²) in [6.45, 7) is 5.76. The molecule has 0 bridgehead atoms. The predicted octanol–water partition coefficient (Wildman–Crippen LogP) is 3.80. The summed E-state index contributed by atoms with van der Waals surface area (Å²) < 4.78 is 39.0. The number of hydrogen-bond acceptors (Lipinski definition) is 5. The number of anilines is 1. The van der Waals surface area contributed by atoms with Gasteiger partial charge in [0.25, 0.3) is 0 Å². The van der Waals surface area contributed by atoms with Crippen LogP contribution in [0.15, 0.2) is 35.9 Å². The number of alkyl halides is 3. The number of benzene rings is 1. The molecule has 3 heterocycles. The molecule has 174 valence electrons. The third kappa shape index (κ3) is 5.14. The Balaban J connectivity index is 1.31. The first-order valence-electron chi connectivity index (χ1n) is 11.1. The topological polar surface area (TPSA) is 43.9 Å². The van der Waals surface area contributed by atoms with Crippen molar-refractivity contribution in [3.05, 3.63) is 41.5 Å². The molecule has 32 heavy (non-hydrogen) atoms. The first kappa shape index (κ1) is 23.2. The normalized spacial score (nSPS) is 23.2. The van der Waals surface area contributed by atoms with Crippen LogP contribution in [0.3, 0.4) is 0 Å². The van der Waals surface area contributed by atoms with Crippen LogP contribution in [-0.2, 0) is 15.8 Å². The minimum absolute atomic E-state index is 0.0912. The monoisotopic (exact) mass is 467 g/mol. The second kappa shape index (κ2) is 9.47. The minimum Gasteiger partial charge on any atom is -0.368 e. The van der Waals surface area contributed by atoms with Crippen molar-refractivity contribution in [2.24, 2.45) is 0 Å². The van der Waals surface area contributed by atoms with Gasteiger partial charge in [0.15, 0.2) is 0 Å². The number of carbonyl (C=O) groups excluding carboxylic acids is 2. The lowest BCUT2D eigenvalue weighted by Gasteiger charge is -2.39. The number of halogens is 3. The van der Waals surface area contributed by atoms with Gasteiger partial charge in [-0.3, -0.25) is 14.5 Å². The summed E-state index contributed by atoms with van der Waals surface area (Å²) in [4.78, 5) is 30.7. The average Bonchev–Trinajstić information content (AvgIpc) is 3.16. The van der Waals surface area contributed by atoms with Crippen molar-refractivity contribution in [1.82, 2.24) is 9.80 Å². The molecular weight excluding hydrogens is 439 g/mol. The van der Waals surface area contributed by atoms with Gasteiger partial charge in [0.2, 0.25) is 11.0 Å². The van der Waals surface area contributed by atoms with E-state index in [-0.39, 0.29) is 17.1 Å². The van der Waals surface area contributed by atoms with Gasteiger partial charge in [0, 0.05) is 62.7 Å². The van der Waals surface area contributed by atoms with Crippen LogP contribution in [0.2, 0.25) is 0 Å². The molecule has 0 saturated carbocycles. The summed E-state index contributed by atoms with van der Waals surface area (Å²) in [6.07, 6.45) is -0.391. The molecule has 0 aromatic heterocycles. The zero-order valence-corrected chi connectivity index (χ0v) is 18.9. The Labute approximate surface area is 190 Å². The Morgan fingerprint density at radius 1 is 1.19 bits per heavy atom. The summed E-state index contributed by atoms with van der Waals surface area (Å²) in [7, 11) is 0. The van der Waals surface area contributed by atoms with E-state index in [0.717, 1.165) is 32.0 Å². The van der Waals surface area contributed by atoms with Crippen molar-refractivity contribution >= 4 is 28.5 Å². The predicted molar refractivity (Wildman–Crippen MR) is 120 cm³/mol. The van der Waals surface area contributed by atoms with Crippen molar-refractivity contribution in [3.8, 4) is 0 Å². The number of nitrogens with zero attached hydrogens (tertiary/aromatic N) is 3. The smallest absolute Gasteiger partial charge is 0.368 e. The van der Waals surface area contributed by atoms with Gasteiger partial charge in [-0.25, -0.2) is 0 Å². The highest BCUT2D eigenvalue weighted by molar-refractivity contribution is 8.15. The minimum atomic E-state index is -4.36. The van der Waals surface area contributed by atoms with Crippen LogP contribution >= 0.6 is 11.8 Å². The van der Waals surface area contributed by atoms with Crippen LogP contribution in [-0.4, -0.2) is 71.4 Å². The van der Waals surface area contributed by atoms with Gasteiger partial charge >= 0.3 is 6.18 Å². The molecule has 3 aliphatic rings. The van der Waals surface area contributed by atoms with Gasteiger partial charge in [-0.15, -0.1) is 0 Å². The molecule has 4 rings (SSSR count). The van der Waals surface area contributed by atoms with Crippen LogP contribution < -0.4 is 4.90 Å². The van der Waals surface area contributed by atoms with E-state index < -0.39 is 11.7 Å². The molecule has 1 aromatic carbocycles. The van der Waals surface area contributed by atoms with Crippen molar-refractivity contribution < 1.29 is 22.8 Å². The Bertz CT molecular complexity index is 897. The Hall–Kier alpha value is -2.00. The van der Waals surface area contributed by atoms with Crippen LogP contribution in [0.5, 0.6) is 0 Å². The highest BCUT2D eigenvalue weighted by atomic mass is 32.2. The molecule has 9 heteroatoms. The number of likely N-dealkylation sites (tertiary alicyclic amines) is 1. The summed E-state index contributed by atoms with van der Waals surface area (Å²) in [5.74, 6) is 0.0912. The average molecular weight is 468 g/mol. The standard InChI is InChI=1S/C23H28F3N3O2S/c1-2-18(29-7-6-20-16(15-29)12-22(31)32-20)14-21(30)28-10-8-27(9-11-28)19-5-3-4-17(13-19)23(24,25)26/h3-5,12-13,18,20H,2,6-11,14-15H2,1H3. The van der Waals surface area contributed by atoms with Crippen LogP contribution in [0.4, 0.5) is 18.9 Å². The van der Waals surface area contributed by atoms with Crippen molar-refractivity contribution in [3.63, 3.8) is 0 Å². The summed E-state index contributed by atoms with van der Waals surface area (Å²) >= 11 is 1.41. The van der Waals surface area contributed by atoms with E-state index in [4.69, 9.17) is 0 Å². The molecule has 0 radical (unpaired) electrons. The largest absolute Gasteiger partial charge is 0.416 e. The summed E-state index contributed by atoms with van der Waals surface area (Å²) in [5.41, 5.74) is 1.06. The van der Waals surface area contributed by atoms with Gasteiger partial charge in [0.05, 0.1) is 5.56 Å². The fourth-order valence-electron chi connectivity index (χ4n) is 4.75. The molecule has 0 aliphatic carbocycles. The van der Waals surface area contributed by atoms with Crippen LogP contribution in [0.1, 0.15) is 31.7 Å². The van der Waals surface area contributed by atoms with Crippen LogP contribution in [0.25, 0.3) is 0 Å². The maximum absolute atomic E-state index is 13.0. The molecule has 3 aliphatic heterocycles. The van der Waals surface area contributed by atoms with E-state index in [1.165, 1.54) is 29.5 Å². The lowest BCUT2D eigenvalue weighted by molar-refractivity contribution is -0.137. The molecule has 0 N–H and O–H groups in total. The maximum atomic E-state index is 13.0. The van der Waals surface area contributed by atoms with E-state index in [2.05, 4.69) is 11.8 Å². The number of carbonyl (C=O) groups is 2. The summed E-state index contributed by atoms with van der Waals surface area (Å²) in [5, 5.41) is 0.436. The van der Waals surface area contributed by atoms with E-state index in [1.807, 2.05) is 9.80 Å². The van der Waals surface area contributed by atoms with Gasteiger partial charge in [-0.05, 0) is 42.7 Å². The van der Waals surface area contributed by atoms with E-state index in [1.54, 1.807) is 12.1 Å². The second-order valence-corrected chi connectivity index (χ2v) is 9.79. The molecule has 0 spiro atoms. The van der Waals surface area contributed by atoms with Crippen molar-refractivity contribution in [1.29, 1.82) is 0 Å². The molecule has 2 atom stereocenters.